The lowest BCUT2D eigenvalue weighted by Crippen LogP contribution is -2.33. The first-order valence-corrected chi connectivity index (χ1v) is 12.7. The summed E-state index contributed by atoms with van der Waals surface area (Å²) in [5.74, 6) is -0.345. The van der Waals surface area contributed by atoms with Crippen molar-refractivity contribution in [2.24, 2.45) is 0 Å². The highest BCUT2D eigenvalue weighted by Crippen LogP contribution is 2.31. The fraction of sp³-hybridized carbons (Fsp3) is 0.367. The predicted octanol–water partition coefficient (Wildman–Crippen LogP) is 5.72. The number of phenols is 1. The molecule has 0 aliphatic heterocycles. The number of carboxylic acid groups (broad SMARTS) is 1. The SMILES string of the molecule is C[C@H](NCCc1ccc(-c2ccc(C(=O)O)c(OC3CCCCC3)c2)cc1)[C@@H](O)c1ccc(O)cc1. The van der Waals surface area contributed by atoms with Gasteiger partial charge in [-0.05, 0) is 92.1 Å². The van der Waals surface area contributed by atoms with Crippen molar-refractivity contribution in [3.8, 4) is 22.6 Å². The normalized spacial score (nSPS) is 15.8. The van der Waals surface area contributed by atoms with Crippen molar-refractivity contribution in [2.75, 3.05) is 6.54 Å². The summed E-state index contributed by atoms with van der Waals surface area (Å²) in [5, 5.41) is 32.9. The second-order valence-electron chi connectivity index (χ2n) is 9.62. The van der Waals surface area contributed by atoms with Gasteiger partial charge in [0.2, 0.25) is 0 Å². The molecule has 0 amide bonds. The smallest absolute Gasteiger partial charge is 0.339 e. The zero-order chi connectivity index (χ0) is 25.5. The van der Waals surface area contributed by atoms with Crippen LogP contribution in [0.3, 0.4) is 0 Å². The Morgan fingerprint density at radius 3 is 2.31 bits per heavy atom. The zero-order valence-corrected chi connectivity index (χ0v) is 20.7. The van der Waals surface area contributed by atoms with E-state index in [4.69, 9.17) is 4.74 Å². The van der Waals surface area contributed by atoms with Gasteiger partial charge in [-0.2, -0.15) is 0 Å². The Bertz CT molecular complexity index is 1140. The number of ether oxygens (including phenoxy) is 1. The first-order chi connectivity index (χ1) is 17.4. The van der Waals surface area contributed by atoms with Gasteiger partial charge in [-0.25, -0.2) is 4.79 Å². The van der Waals surface area contributed by atoms with E-state index in [0.29, 0.717) is 12.3 Å². The Morgan fingerprint density at radius 2 is 1.64 bits per heavy atom. The van der Waals surface area contributed by atoms with Crippen LogP contribution in [0.25, 0.3) is 11.1 Å². The van der Waals surface area contributed by atoms with Crippen LogP contribution in [0.5, 0.6) is 11.5 Å². The fourth-order valence-corrected chi connectivity index (χ4v) is 4.72. The molecule has 4 N–H and O–H groups in total. The monoisotopic (exact) mass is 489 g/mol. The molecule has 4 rings (SSSR count). The molecule has 0 spiro atoms. The quantitative estimate of drug-likeness (QED) is 0.291. The van der Waals surface area contributed by atoms with Crippen molar-refractivity contribution < 1.29 is 24.9 Å². The van der Waals surface area contributed by atoms with Gasteiger partial charge in [0.05, 0.1) is 12.2 Å². The van der Waals surface area contributed by atoms with E-state index in [9.17, 15) is 20.1 Å². The summed E-state index contributed by atoms with van der Waals surface area (Å²) >= 11 is 0. The Kier molecular flexibility index (Phi) is 8.62. The molecule has 190 valence electrons. The summed E-state index contributed by atoms with van der Waals surface area (Å²) in [6.07, 6.45) is 5.62. The number of nitrogens with one attached hydrogen (secondary N) is 1. The lowest BCUT2D eigenvalue weighted by molar-refractivity contribution is 0.0686. The van der Waals surface area contributed by atoms with Gasteiger partial charge >= 0.3 is 5.97 Å². The second kappa shape index (κ2) is 12.1. The van der Waals surface area contributed by atoms with Gasteiger partial charge < -0.3 is 25.4 Å². The van der Waals surface area contributed by atoms with Gasteiger partial charge in [0.25, 0.3) is 0 Å². The summed E-state index contributed by atoms with van der Waals surface area (Å²) in [6.45, 7) is 2.65. The number of aliphatic hydroxyl groups is 1. The van der Waals surface area contributed by atoms with E-state index in [0.717, 1.165) is 48.8 Å². The van der Waals surface area contributed by atoms with Crippen LogP contribution in [0.2, 0.25) is 0 Å². The molecule has 0 aromatic heterocycles. The number of aromatic carboxylic acids is 1. The van der Waals surface area contributed by atoms with Crippen molar-refractivity contribution in [1.29, 1.82) is 0 Å². The maximum Gasteiger partial charge on any atom is 0.339 e. The molecule has 0 unspecified atom stereocenters. The molecule has 6 heteroatoms. The molecule has 0 heterocycles. The number of carboxylic acids is 1. The number of carbonyl (C=O) groups is 1. The zero-order valence-electron chi connectivity index (χ0n) is 20.7. The van der Waals surface area contributed by atoms with Crippen molar-refractivity contribution >= 4 is 5.97 Å². The summed E-state index contributed by atoms with van der Waals surface area (Å²) in [6, 6.07) is 20.0. The Balaban J connectivity index is 1.36. The maximum atomic E-state index is 11.7. The van der Waals surface area contributed by atoms with Crippen LogP contribution in [0.15, 0.2) is 66.7 Å². The van der Waals surface area contributed by atoms with Crippen molar-refractivity contribution in [3.63, 3.8) is 0 Å². The van der Waals surface area contributed by atoms with Gasteiger partial charge in [-0.1, -0.05) is 48.9 Å². The highest BCUT2D eigenvalue weighted by atomic mass is 16.5. The molecular weight excluding hydrogens is 454 g/mol. The van der Waals surface area contributed by atoms with Crippen LogP contribution in [0, 0.1) is 0 Å². The topological polar surface area (TPSA) is 99.0 Å². The Hall–Kier alpha value is -3.35. The van der Waals surface area contributed by atoms with E-state index in [1.165, 1.54) is 12.0 Å². The molecule has 1 aliphatic carbocycles. The molecule has 36 heavy (non-hydrogen) atoms. The minimum Gasteiger partial charge on any atom is -0.508 e. The Labute approximate surface area is 212 Å². The van der Waals surface area contributed by atoms with Crippen molar-refractivity contribution in [1.82, 2.24) is 5.32 Å². The molecule has 1 saturated carbocycles. The third-order valence-electron chi connectivity index (χ3n) is 6.93. The van der Waals surface area contributed by atoms with E-state index in [1.54, 1.807) is 30.3 Å². The first kappa shape index (κ1) is 25.7. The molecule has 3 aromatic rings. The number of hydrogen-bond acceptors (Lipinski definition) is 5. The van der Waals surface area contributed by atoms with Crippen LogP contribution >= 0.6 is 0 Å². The van der Waals surface area contributed by atoms with Gasteiger partial charge in [0, 0.05) is 6.04 Å². The van der Waals surface area contributed by atoms with Gasteiger partial charge in [0.1, 0.15) is 17.1 Å². The van der Waals surface area contributed by atoms with Crippen LogP contribution in [-0.4, -0.2) is 40.0 Å². The minimum atomic E-state index is -0.972. The predicted molar refractivity (Wildman–Crippen MR) is 141 cm³/mol. The number of aromatic hydroxyl groups is 1. The van der Waals surface area contributed by atoms with Gasteiger partial charge in [-0.15, -0.1) is 0 Å². The third-order valence-corrected chi connectivity index (χ3v) is 6.93. The molecule has 0 bridgehead atoms. The van der Waals surface area contributed by atoms with E-state index < -0.39 is 12.1 Å². The summed E-state index contributed by atoms with van der Waals surface area (Å²) in [5.41, 5.74) is 4.07. The van der Waals surface area contributed by atoms with Crippen molar-refractivity contribution in [2.45, 2.75) is 63.7 Å². The number of benzene rings is 3. The maximum absolute atomic E-state index is 11.7. The summed E-state index contributed by atoms with van der Waals surface area (Å²) in [4.78, 5) is 11.7. The average Bonchev–Trinajstić information content (AvgIpc) is 2.89. The molecule has 2 atom stereocenters. The molecule has 0 saturated heterocycles. The lowest BCUT2D eigenvalue weighted by atomic mass is 9.97. The standard InChI is InChI=1S/C30H35NO5/c1-20(29(33)23-11-14-25(32)15-12-23)31-18-17-21-7-9-22(10-8-21)24-13-16-27(30(34)35)28(19-24)36-26-5-3-2-4-6-26/h7-16,19-20,26,29,31-33H,2-6,17-18H2,1H3,(H,34,35)/t20-,29+/m0/s1. The number of phenolic OH excluding ortho intramolecular Hbond substituents is 1. The number of hydrogen-bond donors (Lipinski definition) is 4. The van der Waals surface area contributed by atoms with Gasteiger partial charge in [-0.3, -0.25) is 0 Å². The number of rotatable bonds is 10. The minimum absolute atomic E-state index is 0.0805. The van der Waals surface area contributed by atoms with Gasteiger partial charge in [0.15, 0.2) is 0 Å². The number of aliphatic hydroxyl groups excluding tert-OH is 1. The fourth-order valence-electron chi connectivity index (χ4n) is 4.72. The summed E-state index contributed by atoms with van der Waals surface area (Å²) in [7, 11) is 0. The molecule has 1 fully saturated rings. The highest BCUT2D eigenvalue weighted by molar-refractivity contribution is 5.92. The summed E-state index contributed by atoms with van der Waals surface area (Å²) < 4.78 is 6.14. The first-order valence-electron chi connectivity index (χ1n) is 12.7. The molecular formula is C30H35NO5. The van der Waals surface area contributed by atoms with Crippen LogP contribution in [0.1, 0.15) is 66.6 Å². The Morgan fingerprint density at radius 1 is 0.972 bits per heavy atom. The molecule has 6 nitrogen and oxygen atoms in total. The van der Waals surface area contributed by atoms with Crippen LogP contribution in [-0.2, 0) is 6.42 Å². The third kappa shape index (κ3) is 6.65. The van der Waals surface area contributed by atoms with Crippen LogP contribution in [0.4, 0.5) is 0 Å². The second-order valence-corrected chi connectivity index (χ2v) is 9.62. The molecule has 0 radical (unpaired) electrons. The van der Waals surface area contributed by atoms with E-state index in [1.807, 2.05) is 31.2 Å². The largest absolute Gasteiger partial charge is 0.508 e. The van der Waals surface area contributed by atoms with E-state index in [2.05, 4.69) is 17.4 Å². The van der Waals surface area contributed by atoms with E-state index in [-0.39, 0.29) is 23.5 Å². The van der Waals surface area contributed by atoms with E-state index >= 15 is 0 Å². The highest BCUT2D eigenvalue weighted by Gasteiger charge is 2.20. The molecule has 3 aromatic carbocycles. The average molecular weight is 490 g/mol. The molecule has 1 aliphatic rings. The van der Waals surface area contributed by atoms with Crippen LogP contribution < -0.4 is 10.1 Å². The van der Waals surface area contributed by atoms with Crippen molar-refractivity contribution in [3.05, 3.63) is 83.4 Å². The lowest BCUT2D eigenvalue weighted by Gasteiger charge is -2.24.